The van der Waals surface area contributed by atoms with E-state index in [2.05, 4.69) is 17.5 Å². The van der Waals surface area contributed by atoms with Gasteiger partial charge < -0.3 is 0 Å². The first-order chi connectivity index (χ1) is 9.33. The highest BCUT2D eigenvalue weighted by atomic mass is 16.2. The molecule has 104 valence electrons. The third kappa shape index (κ3) is 8.14. The topological polar surface area (TPSA) is 41.5 Å². The highest BCUT2D eigenvalue weighted by molar-refractivity contribution is 5.76. The van der Waals surface area contributed by atoms with Crippen LogP contribution in [0.5, 0.6) is 0 Å². The first-order valence-electron chi connectivity index (χ1n) is 7.17. The normalized spacial score (nSPS) is 10.8. The van der Waals surface area contributed by atoms with Crippen LogP contribution in [0, 0.1) is 0 Å². The van der Waals surface area contributed by atoms with Crippen molar-refractivity contribution in [2.75, 3.05) is 0 Å². The fourth-order valence-electron chi connectivity index (χ4n) is 1.80. The van der Waals surface area contributed by atoms with Crippen molar-refractivity contribution < 1.29 is 4.79 Å². The average molecular weight is 260 g/mol. The van der Waals surface area contributed by atoms with Gasteiger partial charge in [-0.1, -0.05) is 56.5 Å². The number of nitrogens with one attached hydrogen (secondary N) is 1. The lowest BCUT2D eigenvalue weighted by atomic mass is 10.1. The zero-order valence-electron chi connectivity index (χ0n) is 11.8. The lowest BCUT2D eigenvalue weighted by Crippen LogP contribution is -2.17. The molecular weight excluding hydrogens is 236 g/mol. The maximum Gasteiger partial charge on any atom is 0.240 e. The summed E-state index contributed by atoms with van der Waals surface area (Å²) in [6.45, 7) is 2.20. The van der Waals surface area contributed by atoms with Crippen molar-refractivity contribution in [1.82, 2.24) is 5.43 Å². The lowest BCUT2D eigenvalue weighted by Gasteiger charge is -2.00. The van der Waals surface area contributed by atoms with E-state index in [9.17, 15) is 4.79 Å². The van der Waals surface area contributed by atoms with Crippen molar-refractivity contribution in [2.24, 2.45) is 5.10 Å². The van der Waals surface area contributed by atoms with Gasteiger partial charge in [-0.05, 0) is 24.8 Å². The number of carbonyl (C=O) groups excluding carboxylic acids is 1. The summed E-state index contributed by atoms with van der Waals surface area (Å²) in [7, 11) is 0. The zero-order valence-corrected chi connectivity index (χ0v) is 11.8. The molecule has 0 unspecified atom stereocenters. The molecule has 0 radical (unpaired) electrons. The Morgan fingerprint density at radius 1 is 1.21 bits per heavy atom. The van der Waals surface area contributed by atoms with Gasteiger partial charge in [0.15, 0.2) is 0 Å². The number of aryl methyl sites for hydroxylation is 1. The Bertz CT molecular complexity index is 374. The number of carbonyl (C=O) groups is 1. The summed E-state index contributed by atoms with van der Waals surface area (Å²) in [5.41, 5.74) is 3.76. The van der Waals surface area contributed by atoms with Crippen LogP contribution in [0.25, 0.3) is 0 Å². The monoisotopic (exact) mass is 260 g/mol. The molecular formula is C16H24N2O. The Morgan fingerprint density at radius 2 is 2.00 bits per heavy atom. The highest BCUT2D eigenvalue weighted by Gasteiger charge is 1.99. The second-order valence-electron chi connectivity index (χ2n) is 4.68. The second-order valence-corrected chi connectivity index (χ2v) is 4.68. The van der Waals surface area contributed by atoms with Gasteiger partial charge in [-0.25, -0.2) is 5.43 Å². The van der Waals surface area contributed by atoms with E-state index < -0.39 is 0 Å². The molecule has 0 atom stereocenters. The maximum atomic E-state index is 11.5. The average Bonchev–Trinajstić information content (AvgIpc) is 2.45. The second kappa shape index (κ2) is 10.3. The number of rotatable bonds is 9. The molecule has 1 aromatic rings. The number of amides is 1. The quantitative estimate of drug-likeness (QED) is 0.410. The van der Waals surface area contributed by atoms with Crippen LogP contribution in [0.2, 0.25) is 0 Å². The van der Waals surface area contributed by atoms with Crippen LogP contribution in [0.4, 0.5) is 0 Å². The molecule has 19 heavy (non-hydrogen) atoms. The molecule has 3 nitrogen and oxygen atoms in total. The van der Waals surface area contributed by atoms with Gasteiger partial charge in [-0.2, -0.15) is 5.10 Å². The molecule has 0 fully saturated rings. The predicted octanol–water partition coefficient (Wildman–Crippen LogP) is 3.69. The van der Waals surface area contributed by atoms with Gasteiger partial charge in [0.2, 0.25) is 5.91 Å². The summed E-state index contributed by atoms with van der Waals surface area (Å²) in [5, 5.41) is 3.96. The van der Waals surface area contributed by atoms with E-state index in [1.54, 1.807) is 6.21 Å². The molecule has 0 aliphatic heterocycles. The molecule has 0 aliphatic rings. The van der Waals surface area contributed by atoms with Crippen LogP contribution < -0.4 is 5.43 Å². The van der Waals surface area contributed by atoms with Crippen molar-refractivity contribution >= 4 is 12.1 Å². The van der Waals surface area contributed by atoms with Gasteiger partial charge in [0.05, 0.1) is 0 Å². The summed E-state index contributed by atoms with van der Waals surface area (Å²) >= 11 is 0. The number of unbranched alkanes of at least 4 members (excludes halogenated alkanes) is 4. The third-order valence-corrected chi connectivity index (χ3v) is 2.95. The smallest absolute Gasteiger partial charge is 0.240 e. The molecule has 1 rings (SSSR count). The molecule has 3 heteroatoms. The van der Waals surface area contributed by atoms with Gasteiger partial charge in [0.1, 0.15) is 0 Å². The van der Waals surface area contributed by atoms with E-state index in [4.69, 9.17) is 0 Å². The number of hydrogen-bond donors (Lipinski definition) is 1. The summed E-state index contributed by atoms with van der Waals surface area (Å²) in [6, 6.07) is 10.0. The third-order valence-electron chi connectivity index (χ3n) is 2.95. The molecule has 0 heterocycles. The predicted molar refractivity (Wildman–Crippen MR) is 80.2 cm³/mol. The number of hydrazone groups is 1. The summed E-state index contributed by atoms with van der Waals surface area (Å²) in [4.78, 5) is 11.5. The van der Waals surface area contributed by atoms with E-state index in [0.29, 0.717) is 6.42 Å². The molecule has 1 N–H and O–H groups in total. The van der Waals surface area contributed by atoms with E-state index in [1.165, 1.54) is 24.8 Å². The summed E-state index contributed by atoms with van der Waals surface area (Å²) in [5.74, 6) is -0.0198. The number of hydrogen-bond acceptors (Lipinski definition) is 2. The molecule has 0 aromatic heterocycles. The SMILES string of the molecule is CCCCCCC=NNC(=O)CCc1ccccc1. The van der Waals surface area contributed by atoms with Gasteiger partial charge in [-0.15, -0.1) is 0 Å². The van der Waals surface area contributed by atoms with Crippen LogP contribution in [-0.2, 0) is 11.2 Å². The van der Waals surface area contributed by atoms with Crippen LogP contribution in [-0.4, -0.2) is 12.1 Å². The number of benzene rings is 1. The van der Waals surface area contributed by atoms with E-state index >= 15 is 0 Å². The minimum absolute atomic E-state index is 0.0198. The summed E-state index contributed by atoms with van der Waals surface area (Å²) in [6.07, 6.45) is 8.90. The molecule has 0 bridgehead atoms. The Kier molecular flexibility index (Phi) is 8.36. The first-order valence-corrected chi connectivity index (χ1v) is 7.17. The minimum atomic E-state index is -0.0198. The Balaban J connectivity index is 2.06. The minimum Gasteiger partial charge on any atom is -0.273 e. The van der Waals surface area contributed by atoms with Crippen molar-refractivity contribution in [3.05, 3.63) is 35.9 Å². The lowest BCUT2D eigenvalue weighted by molar-refractivity contribution is -0.121. The van der Waals surface area contributed by atoms with Gasteiger partial charge in [0.25, 0.3) is 0 Å². The molecule has 0 saturated heterocycles. The standard InChI is InChI=1S/C16H24N2O/c1-2-3-4-5-9-14-17-18-16(19)13-12-15-10-7-6-8-11-15/h6-8,10-11,14H,2-5,9,12-13H2,1H3,(H,18,19). The Hall–Kier alpha value is -1.64. The molecule has 1 amide bonds. The molecule has 1 aromatic carbocycles. The number of nitrogens with zero attached hydrogens (tertiary/aromatic N) is 1. The van der Waals surface area contributed by atoms with Crippen LogP contribution in [0.3, 0.4) is 0 Å². The van der Waals surface area contributed by atoms with Crippen LogP contribution in [0.15, 0.2) is 35.4 Å². The van der Waals surface area contributed by atoms with E-state index in [0.717, 1.165) is 19.3 Å². The fourth-order valence-corrected chi connectivity index (χ4v) is 1.80. The van der Waals surface area contributed by atoms with Crippen molar-refractivity contribution in [3.63, 3.8) is 0 Å². The van der Waals surface area contributed by atoms with Crippen LogP contribution >= 0.6 is 0 Å². The van der Waals surface area contributed by atoms with Crippen molar-refractivity contribution in [3.8, 4) is 0 Å². The van der Waals surface area contributed by atoms with Crippen LogP contribution in [0.1, 0.15) is 51.0 Å². The largest absolute Gasteiger partial charge is 0.273 e. The molecule has 0 saturated carbocycles. The Labute approximate surface area is 116 Å². The fraction of sp³-hybridized carbons (Fsp3) is 0.500. The molecule has 0 aliphatic carbocycles. The van der Waals surface area contributed by atoms with Crippen molar-refractivity contribution in [2.45, 2.75) is 51.9 Å². The Morgan fingerprint density at radius 3 is 2.74 bits per heavy atom. The van der Waals surface area contributed by atoms with Crippen molar-refractivity contribution in [1.29, 1.82) is 0 Å². The molecule has 0 spiro atoms. The first kappa shape index (κ1) is 15.4. The highest BCUT2D eigenvalue weighted by Crippen LogP contribution is 2.02. The van der Waals surface area contributed by atoms with Gasteiger partial charge >= 0.3 is 0 Å². The zero-order chi connectivity index (χ0) is 13.8. The van der Waals surface area contributed by atoms with Gasteiger partial charge in [-0.3, -0.25) is 4.79 Å². The maximum absolute atomic E-state index is 11.5. The van der Waals surface area contributed by atoms with E-state index in [-0.39, 0.29) is 5.91 Å². The van der Waals surface area contributed by atoms with Gasteiger partial charge in [0, 0.05) is 12.6 Å². The van der Waals surface area contributed by atoms with E-state index in [1.807, 2.05) is 30.3 Å². The summed E-state index contributed by atoms with van der Waals surface area (Å²) < 4.78 is 0.